The first-order valence-corrected chi connectivity index (χ1v) is 12.8. The second-order valence-corrected chi connectivity index (χ2v) is 10.4. The largest absolute Gasteiger partial charge is 0.434 e. The first-order chi connectivity index (χ1) is 16.2. The molecule has 182 valence electrons. The van der Waals surface area contributed by atoms with E-state index < -0.39 is 33.7 Å². The number of rotatable bonds is 7. The molecule has 0 spiro atoms. The maximum absolute atomic E-state index is 14.9. The van der Waals surface area contributed by atoms with Crippen LogP contribution in [-0.4, -0.2) is 29.5 Å². The van der Waals surface area contributed by atoms with Crippen molar-refractivity contribution >= 4 is 10.2 Å². The van der Waals surface area contributed by atoms with E-state index in [0.717, 1.165) is 24.0 Å². The molecule has 1 saturated heterocycles. The topological polar surface area (TPSA) is 108 Å². The van der Waals surface area contributed by atoms with Crippen molar-refractivity contribution in [3.05, 3.63) is 87.0 Å². The number of nitrogens with one attached hydrogen (secondary N) is 2. The van der Waals surface area contributed by atoms with Gasteiger partial charge in [-0.1, -0.05) is 49.7 Å². The molecular weight excluding hydrogens is 459 g/mol. The standard InChI is InChI=1S/C24H29FN4O4S/c1-15-12-13-19(25)21(16(15)2)17(3)22(23-26-27-24(30)33-23)28-34(31,32)29-14-8-7-11-20(29)18-9-5-4-6-10-18/h4-6,9-10,12-13,17,20,22,28H,7-8,11,14H2,1-3H3,(H,27,30)/t17-,20?,22+/m1/s1. The molecule has 4 rings (SSSR count). The van der Waals surface area contributed by atoms with Crippen LogP contribution in [0.3, 0.4) is 0 Å². The number of hydrogen-bond donors (Lipinski definition) is 2. The average Bonchev–Trinajstić information content (AvgIpc) is 3.26. The lowest BCUT2D eigenvalue weighted by Crippen LogP contribution is -2.47. The molecule has 0 amide bonds. The molecule has 2 heterocycles. The zero-order valence-electron chi connectivity index (χ0n) is 19.4. The summed E-state index contributed by atoms with van der Waals surface area (Å²) in [5.74, 6) is -2.12. The van der Waals surface area contributed by atoms with Gasteiger partial charge in [0.15, 0.2) is 0 Å². The van der Waals surface area contributed by atoms with Crippen LogP contribution in [0.25, 0.3) is 0 Å². The van der Waals surface area contributed by atoms with Gasteiger partial charge in [-0.25, -0.2) is 14.3 Å². The van der Waals surface area contributed by atoms with E-state index in [1.807, 2.05) is 37.3 Å². The Hall–Kier alpha value is -2.82. The third-order valence-corrected chi connectivity index (χ3v) is 8.24. The lowest BCUT2D eigenvalue weighted by molar-refractivity contribution is 0.248. The fourth-order valence-corrected chi connectivity index (χ4v) is 6.39. The van der Waals surface area contributed by atoms with Crippen LogP contribution in [0.4, 0.5) is 4.39 Å². The molecule has 0 saturated carbocycles. The minimum atomic E-state index is -4.06. The second kappa shape index (κ2) is 9.81. The van der Waals surface area contributed by atoms with Gasteiger partial charge < -0.3 is 4.42 Å². The molecule has 2 aromatic carbocycles. The smallest absolute Gasteiger partial charge is 0.391 e. The number of aryl methyl sites for hydroxylation is 1. The van der Waals surface area contributed by atoms with E-state index in [2.05, 4.69) is 14.9 Å². The van der Waals surface area contributed by atoms with Crippen LogP contribution in [0.1, 0.15) is 72.3 Å². The van der Waals surface area contributed by atoms with Crippen molar-refractivity contribution in [1.29, 1.82) is 0 Å². The SMILES string of the molecule is Cc1ccc(F)c([C@@H](C)[C@H](NS(=O)(=O)N2CCCCC2c2ccccc2)c2n[nH]c(=O)o2)c1C. The number of aromatic nitrogens is 2. The molecule has 1 unspecified atom stereocenters. The second-order valence-electron chi connectivity index (χ2n) is 8.78. The number of hydrogen-bond acceptors (Lipinski definition) is 5. The van der Waals surface area contributed by atoms with Crippen LogP contribution < -0.4 is 10.5 Å². The van der Waals surface area contributed by atoms with Gasteiger partial charge in [0.2, 0.25) is 5.89 Å². The van der Waals surface area contributed by atoms with Crippen molar-refractivity contribution in [2.24, 2.45) is 0 Å². The lowest BCUT2D eigenvalue weighted by atomic mass is 9.88. The first kappa shape index (κ1) is 24.3. The van der Waals surface area contributed by atoms with E-state index in [4.69, 9.17) is 4.42 Å². The van der Waals surface area contributed by atoms with E-state index in [1.165, 1.54) is 10.4 Å². The highest BCUT2D eigenvalue weighted by atomic mass is 32.2. The zero-order valence-corrected chi connectivity index (χ0v) is 20.2. The Morgan fingerprint density at radius 1 is 1.18 bits per heavy atom. The van der Waals surface area contributed by atoms with Gasteiger partial charge in [-0.3, -0.25) is 0 Å². The molecule has 1 aliphatic heterocycles. The molecule has 10 heteroatoms. The van der Waals surface area contributed by atoms with Crippen molar-refractivity contribution in [3.8, 4) is 0 Å². The molecule has 0 radical (unpaired) electrons. The Kier molecular flexibility index (Phi) is 7.01. The number of piperidine rings is 1. The predicted molar refractivity (Wildman–Crippen MR) is 126 cm³/mol. The molecule has 1 aromatic heterocycles. The van der Waals surface area contributed by atoms with E-state index in [9.17, 15) is 17.6 Å². The Morgan fingerprint density at radius 3 is 2.59 bits per heavy atom. The van der Waals surface area contributed by atoms with E-state index in [1.54, 1.807) is 19.9 Å². The Labute approximate surface area is 198 Å². The number of benzene rings is 2. The summed E-state index contributed by atoms with van der Waals surface area (Å²) in [7, 11) is -4.06. The number of H-pyrrole nitrogens is 1. The van der Waals surface area contributed by atoms with E-state index in [0.29, 0.717) is 24.1 Å². The molecule has 2 N–H and O–H groups in total. The molecule has 34 heavy (non-hydrogen) atoms. The monoisotopic (exact) mass is 488 g/mol. The highest BCUT2D eigenvalue weighted by Crippen LogP contribution is 2.37. The van der Waals surface area contributed by atoms with Crippen molar-refractivity contribution in [2.45, 2.75) is 58.0 Å². The van der Waals surface area contributed by atoms with Crippen LogP contribution in [0.5, 0.6) is 0 Å². The third kappa shape index (κ3) is 4.84. The zero-order chi connectivity index (χ0) is 24.5. The van der Waals surface area contributed by atoms with Crippen molar-refractivity contribution in [1.82, 2.24) is 19.2 Å². The molecule has 1 fully saturated rings. The van der Waals surface area contributed by atoms with E-state index in [-0.39, 0.29) is 11.9 Å². The third-order valence-electron chi connectivity index (χ3n) is 6.63. The van der Waals surface area contributed by atoms with Crippen LogP contribution >= 0.6 is 0 Å². The Bertz CT molecular complexity index is 1310. The van der Waals surface area contributed by atoms with Crippen LogP contribution in [-0.2, 0) is 10.2 Å². The number of halogens is 1. The van der Waals surface area contributed by atoms with Gasteiger partial charge in [0.25, 0.3) is 10.2 Å². The molecule has 0 bridgehead atoms. The highest BCUT2D eigenvalue weighted by molar-refractivity contribution is 7.87. The van der Waals surface area contributed by atoms with Crippen LogP contribution in [0, 0.1) is 19.7 Å². The minimum absolute atomic E-state index is 0.144. The maximum Gasteiger partial charge on any atom is 0.434 e. The fraction of sp³-hybridized carbons (Fsp3) is 0.417. The normalized spacial score (nSPS) is 19.1. The highest BCUT2D eigenvalue weighted by Gasteiger charge is 2.38. The Balaban J connectivity index is 1.73. The van der Waals surface area contributed by atoms with Crippen LogP contribution in [0.2, 0.25) is 0 Å². The van der Waals surface area contributed by atoms with Gasteiger partial charge in [0.05, 0.1) is 6.04 Å². The summed E-state index contributed by atoms with van der Waals surface area (Å²) in [6.45, 7) is 5.68. The molecule has 3 atom stereocenters. The van der Waals surface area contributed by atoms with Crippen molar-refractivity contribution in [2.75, 3.05) is 6.54 Å². The van der Waals surface area contributed by atoms with Gasteiger partial charge in [-0.05, 0) is 55.0 Å². The van der Waals surface area contributed by atoms with Gasteiger partial charge in [0.1, 0.15) is 11.9 Å². The summed E-state index contributed by atoms with van der Waals surface area (Å²) in [6, 6.07) is 11.1. The summed E-state index contributed by atoms with van der Waals surface area (Å²) < 4.78 is 51.6. The summed E-state index contributed by atoms with van der Waals surface area (Å²) in [6.07, 6.45) is 2.33. The van der Waals surface area contributed by atoms with Gasteiger partial charge >= 0.3 is 5.76 Å². The van der Waals surface area contributed by atoms with Gasteiger partial charge in [-0.15, -0.1) is 5.10 Å². The predicted octanol–water partition coefficient (Wildman–Crippen LogP) is 4.03. The van der Waals surface area contributed by atoms with Gasteiger partial charge in [-0.2, -0.15) is 17.4 Å². The molecule has 3 aromatic rings. The quantitative estimate of drug-likeness (QED) is 0.522. The minimum Gasteiger partial charge on any atom is -0.391 e. The maximum atomic E-state index is 14.9. The summed E-state index contributed by atoms with van der Waals surface area (Å²) in [5.41, 5.74) is 2.82. The lowest BCUT2D eigenvalue weighted by Gasteiger charge is -2.36. The molecule has 8 nitrogen and oxygen atoms in total. The van der Waals surface area contributed by atoms with Crippen LogP contribution in [0.15, 0.2) is 51.7 Å². The molecule has 1 aliphatic rings. The number of aromatic amines is 1. The fourth-order valence-electron chi connectivity index (χ4n) is 4.70. The summed E-state index contributed by atoms with van der Waals surface area (Å²) in [4.78, 5) is 11.7. The summed E-state index contributed by atoms with van der Waals surface area (Å²) >= 11 is 0. The first-order valence-electron chi connectivity index (χ1n) is 11.3. The van der Waals surface area contributed by atoms with Crippen molar-refractivity contribution < 1.29 is 17.2 Å². The number of nitrogens with zero attached hydrogens (tertiary/aromatic N) is 2. The van der Waals surface area contributed by atoms with E-state index >= 15 is 0 Å². The van der Waals surface area contributed by atoms with Gasteiger partial charge in [0, 0.05) is 12.5 Å². The van der Waals surface area contributed by atoms with Crippen molar-refractivity contribution in [3.63, 3.8) is 0 Å². The molecular formula is C24H29FN4O4S. The molecule has 0 aliphatic carbocycles. The Morgan fingerprint density at radius 2 is 1.91 bits per heavy atom. The average molecular weight is 489 g/mol. The summed E-state index contributed by atoms with van der Waals surface area (Å²) in [5, 5.41) is 6.06.